The number of hydrogen-bond acceptors (Lipinski definition) is 8. The predicted octanol–water partition coefficient (Wildman–Crippen LogP) is 1.21. The van der Waals surface area contributed by atoms with Crippen LogP contribution in [0.25, 0.3) is 0 Å². The van der Waals surface area contributed by atoms with E-state index in [1.807, 2.05) is 6.08 Å². The third kappa shape index (κ3) is 2.66. The molecule has 0 aromatic heterocycles. The molecule has 4 aliphatic rings. The fourth-order valence-electron chi connectivity index (χ4n) is 5.93. The first-order chi connectivity index (χ1) is 15.3. The maximum atomic E-state index is 12.9. The minimum Gasteiger partial charge on any atom is -0.504 e. The molecule has 1 aromatic carbocycles. The Labute approximate surface area is 182 Å². The predicted molar refractivity (Wildman–Crippen MR) is 104 cm³/mol. The van der Waals surface area contributed by atoms with Crippen molar-refractivity contribution < 1.29 is 39.4 Å². The number of carbonyl (C=O) groups excluding carboxylic acids is 4. The lowest BCUT2D eigenvalue weighted by Gasteiger charge is -2.43. The number of amides is 4. The van der Waals surface area contributed by atoms with Gasteiger partial charge in [-0.2, -0.15) is 10.1 Å². The summed E-state index contributed by atoms with van der Waals surface area (Å²) in [6.07, 6.45) is 2.13. The fraction of sp³-hybridized carbons (Fsp3) is 0.455. The van der Waals surface area contributed by atoms with Crippen LogP contribution in [-0.2, 0) is 19.2 Å². The summed E-state index contributed by atoms with van der Waals surface area (Å²) in [4.78, 5) is 50.6. The van der Waals surface area contributed by atoms with Crippen molar-refractivity contribution in [2.45, 2.75) is 25.7 Å². The van der Waals surface area contributed by atoms with Crippen molar-refractivity contribution in [1.29, 1.82) is 0 Å². The van der Waals surface area contributed by atoms with E-state index in [0.717, 1.165) is 0 Å². The zero-order valence-corrected chi connectivity index (χ0v) is 17.2. The van der Waals surface area contributed by atoms with E-state index in [-0.39, 0.29) is 34.5 Å². The number of carbonyl (C=O) groups is 4. The first kappa shape index (κ1) is 20.7. The molecular formula is C22H22N2O8. The van der Waals surface area contributed by atoms with E-state index < -0.39 is 59.1 Å². The average Bonchev–Trinajstić information content (AvgIpc) is 3.14. The number of phenolic OH excluding ortho intramolecular Hbond substituents is 1. The maximum Gasteiger partial charge on any atom is 0.258 e. The molecule has 10 nitrogen and oxygen atoms in total. The Morgan fingerprint density at radius 1 is 0.938 bits per heavy atom. The van der Waals surface area contributed by atoms with Gasteiger partial charge in [-0.05, 0) is 43.4 Å². The topological polar surface area (TPSA) is 145 Å². The third-order valence-electron chi connectivity index (χ3n) is 7.24. The molecule has 2 heterocycles. The molecule has 10 heteroatoms. The second-order valence-corrected chi connectivity index (χ2v) is 8.66. The molecule has 168 valence electrons. The Kier molecular flexibility index (Phi) is 4.61. The largest absolute Gasteiger partial charge is 0.504 e. The van der Waals surface area contributed by atoms with Gasteiger partial charge in [0, 0.05) is 5.92 Å². The van der Waals surface area contributed by atoms with Gasteiger partial charge in [0.1, 0.15) is 0 Å². The van der Waals surface area contributed by atoms with Gasteiger partial charge in [0.05, 0.1) is 30.3 Å². The van der Waals surface area contributed by atoms with Gasteiger partial charge < -0.3 is 9.84 Å². The minimum absolute atomic E-state index is 0.0812. The zero-order chi connectivity index (χ0) is 22.9. The zero-order valence-electron chi connectivity index (χ0n) is 17.2. The molecule has 32 heavy (non-hydrogen) atoms. The summed E-state index contributed by atoms with van der Waals surface area (Å²) in [6.45, 7) is 2.06. The number of benzene rings is 1. The fourth-order valence-corrected chi connectivity index (χ4v) is 5.93. The molecule has 0 unspecified atom stereocenters. The van der Waals surface area contributed by atoms with Crippen molar-refractivity contribution in [3.63, 3.8) is 0 Å². The lowest BCUT2D eigenvalue weighted by atomic mass is 9.57. The van der Waals surface area contributed by atoms with Crippen LogP contribution in [0.15, 0.2) is 29.8 Å². The van der Waals surface area contributed by atoms with E-state index in [4.69, 9.17) is 4.74 Å². The lowest BCUT2D eigenvalue weighted by molar-refractivity contribution is -0.174. The normalized spacial score (nSPS) is 33.8. The highest BCUT2D eigenvalue weighted by Gasteiger charge is 2.62. The van der Waals surface area contributed by atoms with Crippen molar-refractivity contribution in [2.24, 2.45) is 29.6 Å². The van der Waals surface area contributed by atoms with Crippen molar-refractivity contribution in [3.8, 4) is 11.5 Å². The second kappa shape index (κ2) is 7.14. The van der Waals surface area contributed by atoms with E-state index in [9.17, 15) is 34.7 Å². The van der Waals surface area contributed by atoms with E-state index in [2.05, 4.69) is 0 Å². The number of rotatable bonds is 3. The van der Waals surface area contributed by atoms with Crippen LogP contribution in [0.1, 0.15) is 31.2 Å². The van der Waals surface area contributed by atoms with Gasteiger partial charge in [-0.25, -0.2) is 0 Å². The molecular weight excluding hydrogens is 420 g/mol. The number of ether oxygens (including phenoxy) is 1. The van der Waals surface area contributed by atoms with Crippen LogP contribution in [0.2, 0.25) is 0 Å². The van der Waals surface area contributed by atoms with Crippen LogP contribution in [0.3, 0.4) is 0 Å². The highest BCUT2D eigenvalue weighted by Crippen LogP contribution is 2.57. The molecule has 1 saturated carbocycles. The molecule has 3 N–H and O–H groups in total. The van der Waals surface area contributed by atoms with Crippen LogP contribution in [0.5, 0.6) is 11.5 Å². The Bertz CT molecular complexity index is 1080. The van der Waals surface area contributed by atoms with Crippen LogP contribution in [-0.4, -0.2) is 55.9 Å². The Morgan fingerprint density at radius 2 is 1.59 bits per heavy atom. The summed E-state index contributed by atoms with van der Waals surface area (Å²) >= 11 is 0. The molecule has 0 radical (unpaired) electrons. The van der Waals surface area contributed by atoms with E-state index in [1.54, 1.807) is 19.1 Å². The number of imide groups is 2. The molecule has 1 aromatic rings. The van der Waals surface area contributed by atoms with Crippen molar-refractivity contribution in [1.82, 2.24) is 10.1 Å². The molecule has 5 rings (SSSR count). The number of phenols is 1. The van der Waals surface area contributed by atoms with E-state index in [0.29, 0.717) is 17.7 Å². The Hall–Kier alpha value is -3.24. The molecule has 2 aliphatic carbocycles. The number of nitrogens with zero attached hydrogens (tertiary/aromatic N) is 2. The van der Waals surface area contributed by atoms with E-state index in [1.165, 1.54) is 6.07 Å². The third-order valence-corrected chi connectivity index (χ3v) is 7.24. The van der Waals surface area contributed by atoms with Gasteiger partial charge in [-0.1, -0.05) is 17.7 Å². The first-order valence-corrected chi connectivity index (χ1v) is 10.5. The number of allylic oxidation sites excluding steroid dienone is 2. The second-order valence-electron chi connectivity index (χ2n) is 8.66. The first-order valence-electron chi connectivity index (χ1n) is 10.5. The summed E-state index contributed by atoms with van der Waals surface area (Å²) < 4.78 is 5.48. The van der Waals surface area contributed by atoms with Gasteiger partial charge in [-0.15, -0.1) is 0 Å². The molecule has 2 aliphatic heterocycles. The molecule has 0 spiro atoms. The molecule has 0 bridgehead atoms. The molecule has 3 fully saturated rings. The highest BCUT2D eigenvalue weighted by atomic mass is 16.5. The number of hydroxylamine groups is 4. The smallest absolute Gasteiger partial charge is 0.258 e. The monoisotopic (exact) mass is 442 g/mol. The quantitative estimate of drug-likeness (QED) is 0.360. The van der Waals surface area contributed by atoms with Crippen LogP contribution >= 0.6 is 0 Å². The standard InChI is InChI=1S/C22H22N2O8/c1-2-32-15-7-9(3-6-14(15)25)16-10-4-5-11-17(21(28)23(30)19(11)26)12(10)8-13-18(16)22(29)24(31)20(13)27/h3-4,6-7,11-13,16-18,25,30-31H,2,5,8H2,1H3/t11-,12+,13+,16-,17-,18+/m0/s1. The lowest BCUT2D eigenvalue weighted by Crippen LogP contribution is -2.42. The number of fused-ring (bicyclic) bond motifs is 4. The van der Waals surface area contributed by atoms with Crippen molar-refractivity contribution in [2.75, 3.05) is 6.61 Å². The number of aromatic hydroxyl groups is 1. The van der Waals surface area contributed by atoms with Crippen molar-refractivity contribution >= 4 is 23.6 Å². The van der Waals surface area contributed by atoms with Crippen LogP contribution < -0.4 is 4.74 Å². The van der Waals surface area contributed by atoms with Gasteiger partial charge in [0.25, 0.3) is 23.6 Å². The summed E-state index contributed by atoms with van der Waals surface area (Å²) in [5.74, 6) is -7.27. The maximum absolute atomic E-state index is 12.9. The molecule has 2 saturated heterocycles. The van der Waals surface area contributed by atoms with Crippen LogP contribution in [0, 0.1) is 29.6 Å². The average molecular weight is 442 g/mol. The number of hydrogen-bond donors (Lipinski definition) is 3. The van der Waals surface area contributed by atoms with Gasteiger partial charge in [-0.3, -0.25) is 29.6 Å². The van der Waals surface area contributed by atoms with E-state index >= 15 is 0 Å². The minimum atomic E-state index is -0.886. The summed E-state index contributed by atoms with van der Waals surface area (Å²) in [7, 11) is 0. The Morgan fingerprint density at radius 3 is 2.28 bits per heavy atom. The SMILES string of the molecule is CCOc1cc([C@H]2C3=CC[C@@H]4C(=O)N(O)C(=O)[C@@H]4[C@@H]3C[C@H]3C(=O)N(O)C(=O)[C@@H]23)ccc1O. The summed E-state index contributed by atoms with van der Waals surface area (Å²) in [5, 5.41) is 30.4. The van der Waals surface area contributed by atoms with Gasteiger partial charge in [0.15, 0.2) is 11.5 Å². The molecule has 4 amide bonds. The Balaban J connectivity index is 1.65. The summed E-state index contributed by atoms with van der Waals surface area (Å²) in [6, 6.07) is 4.64. The van der Waals surface area contributed by atoms with Crippen molar-refractivity contribution in [3.05, 3.63) is 35.4 Å². The van der Waals surface area contributed by atoms with Crippen LogP contribution in [0.4, 0.5) is 0 Å². The van der Waals surface area contributed by atoms with Gasteiger partial charge in [0.2, 0.25) is 0 Å². The molecule has 6 atom stereocenters. The van der Waals surface area contributed by atoms with Gasteiger partial charge >= 0.3 is 0 Å². The highest BCUT2D eigenvalue weighted by molar-refractivity contribution is 6.06. The summed E-state index contributed by atoms with van der Waals surface area (Å²) in [5.41, 5.74) is 1.30.